The molecule has 3 aromatic rings. The summed E-state index contributed by atoms with van der Waals surface area (Å²) in [4.78, 5) is 26.4. The average Bonchev–Trinajstić information content (AvgIpc) is 2.69. The first-order valence-electron chi connectivity index (χ1n) is 4.85. The number of fused-ring (bicyclic) bond motifs is 1. The Labute approximate surface area is 113 Å². The molecule has 0 atom stereocenters. The van der Waals surface area contributed by atoms with Gasteiger partial charge >= 0.3 is 5.69 Å². The highest BCUT2D eigenvalue weighted by Gasteiger charge is 2.15. The molecule has 7 nitrogen and oxygen atoms in total. The van der Waals surface area contributed by atoms with Crippen molar-refractivity contribution in [1.29, 1.82) is 0 Å². The van der Waals surface area contributed by atoms with Crippen molar-refractivity contribution >= 4 is 33.8 Å². The lowest BCUT2D eigenvalue weighted by Crippen LogP contribution is -2.18. The Balaban J connectivity index is 2.40. The third-order valence-corrected chi connectivity index (χ3v) is 3.21. The molecule has 0 aliphatic carbocycles. The van der Waals surface area contributed by atoms with Crippen LogP contribution in [0.3, 0.4) is 0 Å². The average molecular weight is 325 g/mol. The third-order valence-electron chi connectivity index (χ3n) is 2.27. The largest absolute Gasteiger partial charge is 0.348 e. The summed E-state index contributed by atoms with van der Waals surface area (Å²) in [6.45, 7) is 0. The molecule has 0 spiro atoms. The number of nitrogens with one attached hydrogen (secondary N) is 2. The van der Waals surface area contributed by atoms with Crippen molar-refractivity contribution in [2.45, 2.75) is 0 Å². The molecule has 0 amide bonds. The van der Waals surface area contributed by atoms with Gasteiger partial charge < -0.3 is 0 Å². The zero-order chi connectivity index (χ0) is 12.7. The van der Waals surface area contributed by atoms with Crippen LogP contribution in [0.15, 0.2) is 27.7 Å². The molecule has 2 N–H and O–H groups in total. The topological polar surface area (TPSA) is 91.7 Å². The van der Waals surface area contributed by atoms with Crippen LogP contribution in [0.1, 0.15) is 0 Å². The quantitative estimate of drug-likeness (QED) is 0.658. The van der Waals surface area contributed by atoms with Gasteiger partial charge in [-0.2, -0.15) is 9.50 Å². The van der Waals surface area contributed by atoms with Crippen molar-refractivity contribution in [2.75, 3.05) is 0 Å². The predicted octanol–water partition coefficient (Wildman–Crippen LogP) is 1.30. The van der Waals surface area contributed by atoms with Crippen molar-refractivity contribution in [3.8, 4) is 11.5 Å². The fourth-order valence-electron chi connectivity index (χ4n) is 1.52. The van der Waals surface area contributed by atoms with Crippen molar-refractivity contribution in [1.82, 2.24) is 29.5 Å². The number of rotatable bonds is 1. The zero-order valence-corrected chi connectivity index (χ0v) is 11.1. The van der Waals surface area contributed by atoms with Crippen LogP contribution in [-0.2, 0) is 0 Å². The molecule has 0 bridgehead atoms. The van der Waals surface area contributed by atoms with Gasteiger partial charge in [-0.25, -0.2) is 14.8 Å². The first kappa shape index (κ1) is 11.2. The summed E-state index contributed by atoms with van der Waals surface area (Å²) in [6, 6.07) is 1.71. The molecule has 18 heavy (non-hydrogen) atoms. The summed E-state index contributed by atoms with van der Waals surface area (Å²) in [6.07, 6.45) is 3.22. The first-order chi connectivity index (χ1) is 8.66. The van der Waals surface area contributed by atoms with Gasteiger partial charge in [0.1, 0.15) is 5.69 Å². The van der Waals surface area contributed by atoms with Crippen molar-refractivity contribution in [3.05, 3.63) is 38.2 Å². The van der Waals surface area contributed by atoms with Gasteiger partial charge in [0.15, 0.2) is 11.5 Å². The van der Waals surface area contributed by atoms with Crippen molar-refractivity contribution < 1.29 is 0 Å². The third kappa shape index (κ3) is 1.68. The number of aromatic amines is 2. The summed E-state index contributed by atoms with van der Waals surface area (Å²) >= 11 is 8.23. The minimum Gasteiger partial charge on any atom is -0.283 e. The summed E-state index contributed by atoms with van der Waals surface area (Å²) in [5, 5.41) is 2.87. The Morgan fingerprint density at radius 1 is 1.33 bits per heavy atom. The minimum absolute atomic E-state index is 0.125. The fourth-order valence-corrected chi connectivity index (χ4v) is 2.22. The molecule has 0 saturated heterocycles. The monoisotopic (exact) mass is 324 g/mol. The number of hydrogen-bond acceptors (Lipinski definition) is 5. The van der Waals surface area contributed by atoms with Crippen LogP contribution in [-0.4, -0.2) is 29.5 Å². The van der Waals surface area contributed by atoms with Crippen molar-refractivity contribution in [3.63, 3.8) is 0 Å². The molecule has 0 unspecified atom stereocenters. The van der Waals surface area contributed by atoms with E-state index >= 15 is 0 Å². The molecule has 9 heteroatoms. The second-order valence-electron chi connectivity index (χ2n) is 3.38. The van der Waals surface area contributed by atoms with Crippen LogP contribution in [0, 0.1) is 4.77 Å². The van der Waals surface area contributed by atoms with Gasteiger partial charge in [0.2, 0.25) is 4.77 Å². The highest BCUT2D eigenvalue weighted by Crippen LogP contribution is 2.26. The van der Waals surface area contributed by atoms with E-state index in [1.807, 2.05) is 0 Å². The summed E-state index contributed by atoms with van der Waals surface area (Å²) < 4.78 is 1.96. The van der Waals surface area contributed by atoms with Crippen LogP contribution in [0.4, 0.5) is 0 Å². The van der Waals surface area contributed by atoms with Gasteiger partial charge in [-0.3, -0.25) is 10.1 Å². The van der Waals surface area contributed by atoms with Crippen molar-refractivity contribution in [2.24, 2.45) is 0 Å². The molecule has 0 fully saturated rings. The molecule has 3 heterocycles. The highest BCUT2D eigenvalue weighted by atomic mass is 79.9. The lowest BCUT2D eigenvalue weighted by molar-refractivity contribution is 0.833. The normalized spacial score (nSPS) is 10.9. The number of nitrogens with zero attached hydrogens (tertiary/aromatic N) is 4. The Morgan fingerprint density at radius 2 is 2.06 bits per heavy atom. The lowest BCUT2D eigenvalue weighted by atomic mass is 10.4. The summed E-state index contributed by atoms with van der Waals surface area (Å²) in [5.74, 6) is 0.459. The summed E-state index contributed by atoms with van der Waals surface area (Å²) in [5.41, 5.74) is 0.563. The van der Waals surface area contributed by atoms with Crippen LogP contribution >= 0.6 is 28.1 Å². The predicted molar refractivity (Wildman–Crippen MR) is 69.7 cm³/mol. The van der Waals surface area contributed by atoms with Gasteiger partial charge in [0.05, 0.1) is 4.47 Å². The van der Waals surface area contributed by atoms with E-state index in [-0.39, 0.29) is 4.77 Å². The maximum absolute atomic E-state index is 11.7. The molecule has 3 rings (SSSR count). The number of aromatic nitrogens is 6. The molecule has 0 aliphatic rings. The molecule has 0 radical (unpaired) electrons. The van der Waals surface area contributed by atoms with E-state index in [1.54, 1.807) is 18.5 Å². The van der Waals surface area contributed by atoms with E-state index in [0.29, 0.717) is 21.6 Å². The van der Waals surface area contributed by atoms with Gasteiger partial charge in [-0.05, 0) is 34.2 Å². The molecule has 0 aromatic carbocycles. The number of halogens is 1. The second kappa shape index (κ2) is 4.10. The Bertz CT molecular complexity index is 836. The van der Waals surface area contributed by atoms with E-state index in [9.17, 15) is 4.79 Å². The Kier molecular flexibility index (Phi) is 2.56. The smallest absolute Gasteiger partial charge is 0.283 e. The molecule has 0 aliphatic heterocycles. The molecular formula is C9H5BrN6OS. The maximum atomic E-state index is 11.7. The van der Waals surface area contributed by atoms with E-state index in [2.05, 4.69) is 41.0 Å². The molecule has 0 saturated carbocycles. The standard InChI is InChI=1S/C9H5BrN6OS/c10-4-5(6-11-2-1-3-12-6)15-16-7(4)13-8(18)14-9(16)17/h1-3,15H,(H,14,17,18). The Morgan fingerprint density at radius 3 is 2.78 bits per heavy atom. The SMILES string of the molecule is O=c1[nH]c(=S)nc2c(Br)c(-c3ncccn3)[nH]n12. The number of H-pyrrole nitrogens is 2. The van der Waals surface area contributed by atoms with Gasteiger partial charge in [0.25, 0.3) is 0 Å². The molecule has 90 valence electrons. The van der Waals surface area contributed by atoms with Gasteiger partial charge in [-0.1, -0.05) is 0 Å². The van der Waals surface area contributed by atoms with E-state index in [4.69, 9.17) is 12.2 Å². The van der Waals surface area contributed by atoms with Crippen LogP contribution < -0.4 is 5.69 Å². The second-order valence-corrected chi connectivity index (χ2v) is 4.56. The fraction of sp³-hybridized carbons (Fsp3) is 0. The van der Waals surface area contributed by atoms with E-state index < -0.39 is 5.69 Å². The summed E-state index contributed by atoms with van der Waals surface area (Å²) in [7, 11) is 0. The van der Waals surface area contributed by atoms with Crippen LogP contribution in [0.25, 0.3) is 17.2 Å². The minimum atomic E-state index is -0.395. The number of hydrogen-bond donors (Lipinski definition) is 2. The first-order valence-corrected chi connectivity index (χ1v) is 6.05. The van der Waals surface area contributed by atoms with Crippen LogP contribution in [0.5, 0.6) is 0 Å². The van der Waals surface area contributed by atoms with Crippen LogP contribution in [0.2, 0.25) is 0 Å². The molecular weight excluding hydrogens is 320 g/mol. The highest BCUT2D eigenvalue weighted by molar-refractivity contribution is 9.10. The zero-order valence-electron chi connectivity index (χ0n) is 8.72. The van der Waals surface area contributed by atoms with Gasteiger partial charge in [-0.15, -0.1) is 0 Å². The maximum Gasteiger partial charge on any atom is 0.348 e. The van der Waals surface area contributed by atoms with E-state index in [1.165, 1.54) is 4.52 Å². The van der Waals surface area contributed by atoms with E-state index in [0.717, 1.165) is 0 Å². The molecule has 3 aromatic heterocycles. The Hall–Kier alpha value is -1.87. The lowest BCUT2D eigenvalue weighted by Gasteiger charge is -1.94. The van der Waals surface area contributed by atoms with Gasteiger partial charge in [0, 0.05) is 12.4 Å².